The van der Waals surface area contributed by atoms with Crippen molar-refractivity contribution in [2.24, 2.45) is 0 Å². The van der Waals surface area contributed by atoms with Crippen molar-refractivity contribution in [2.45, 2.75) is 13.8 Å². The highest BCUT2D eigenvalue weighted by molar-refractivity contribution is 5.76. The molecule has 57 valence electrons. The fraction of sp³-hybridized carbons (Fsp3) is 0.222. The Bertz CT molecular complexity index is 267. The van der Waals surface area contributed by atoms with Gasteiger partial charge in [0.05, 0.1) is 0 Å². The zero-order chi connectivity index (χ0) is 8.43. The van der Waals surface area contributed by atoms with E-state index in [-0.39, 0.29) is 5.75 Å². The van der Waals surface area contributed by atoms with Crippen LogP contribution in [0.4, 0.5) is 0 Å². The van der Waals surface area contributed by atoms with Crippen LogP contribution >= 0.6 is 0 Å². The summed E-state index contributed by atoms with van der Waals surface area (Å²) in [6, 6.07) is 3.20. The average molecular weight is 149 g/mol. The van der Waals surface area contributed by atoms with E-state index in [0.29, 0.717) is 16.7 Å². The van der Waals surface area contributed by atoms with Crippen molar-refractivity contribution in [1.29, 1.82) is 0 Å². The third-order valence-electron chi connectivity index (χ3n) is 1.62. The monoisotopic (exact) mass is 149 g/mol. The SMILES string of the molecule is Cc1cc(C=O)cc(C)c1[O]. The van der Waals surface area contributed by atoms with Crippen LogP contribution in [0.15, 0.2) is 12.1 Å². The van der Waals surface area contributed by atoms with Crippen LogP contribution < -0.4 is 0 Å². The molecule has 0 amide bonds. The van der Waals surface area contributed by atoms with Crippen LogP contribution in [0.5, 0.6) is 5.75 Å². The Hall–Kier alpha value is -1.31. The Labute approximate surface area is 65.5 Å². The zero-order valence-electron chi connectivity index (χ0n) is 6.55. The molecule has 2 heteroatoms. The van der Waals surface area contributed by atoms with E-state index in [2.05, 4.69) is 0 Å². The van der Waals surface area contributed by atoms with E-state index < -0.39 is 0 Å². The summed E-state index contributed by atoms with van der Waals surface area (Å²) < 4.78 is 0. The summed E-state index contributed by atoms with van der Waals surface area (Å²) in [6.45, 7) is 3.42. The van der Waals surface area contributed by atoms with Gasteiger partial charge >= 0.3 is 0 Å². The summed E-state index contributed by atoms with van der Waals surface area (Å²) >= 11 is 0. The molecule has 0 aliphatic carbocycles. The van der Waals surface area contributed by atoms with Crippen molar-refractivity contribution in [2.75, 3.05) is 0 Å². The number of hydrogen-bond donors (Lipinski definition) is 0. The first-order valence-electron chi connectivity index (χ1n) is 3.38. The predicted molar refractivity (Wildman–Crippen MR) is 41.4 cm³/mol. The molecular weight excluding hydrogens is 140 g/mol. The maximum atomic E-state index is 11.1. The number of aryl methyl sites for hydroxylation is 2. The molecule has 0 aliphatic heterocycles. The highest BCUT2D eigenvalue weighted by Crippen LogP contribution is 2.22. The van der Waals surface area contributed by atoms with Crippen LogP contribution in [-0.2, 0) is 5.11 Å². The fourth-order valence-corrected chi connectivity index (χ4v) is 1.05. The highest BCUT2D eigenvalue weighted by atomic mass is 16.3. The summed E-state index contributed by atoms with van der Waals surface area (Å²) in [5.74, 6) is 0.0237. The molecule has 0 atom stereocenters. The molecule has 0 saturated carbocycles. The van der Waals surface area contributed by atoms with E-state index in [1.54, 1.807) is 26.0 Å². The number of rotatable bonds is 1. The van der Waals surface area contributed by atoms with Gasteiger partial charge < -0.3 is 0 Å². The van der Waals surface area contributed by atoms with Crippen molar-refractivity contribution >= 4 is 6.29 Å². The molecule has 1 aromatic rings. The van der Waals surface area contributed by atoms with Gasteiger partial charge in [0.25, 0.3) is 0 Å². The van der Waals surface area contributed by atoms with Crippen LogP contribution in [0.1, 0.15) is 21.5 Å². The molecule has 0 fully saturated rings. The van der Waals surface area contributed by atoms with Crippen LogP contribution in [-0.4, -0.2) is 6.29 Å². The van der Waals surface area contributed by atoms with Crippen molar-refractivity contribution in [1.82, 2.24) is 0 Å². The van der Waals surface area contributed by atoms with Crippen LogP contribution in [0, 0.1) is 13.8 Å². The second-order valence-electron chi connectivity index (χ2n) is 2.60. The number of carbonyl (C=O) groups excluding carboxylic acids is 1. The number of carbonyl (C=O) groups is 1. The molecule has 1 rings (SSSR count). The lowest BCUT2D eigenvalue weighted by Crippen LogP contribution is -1.85. The van der Waals surface area contributed by atoms with Gasteiger partial charge in [-0.15, -0.1) is 0 Å². The molecule has 11 heavy (non-hydrogen) atoms. The quantitative estimate of drug-likeness (QED) is 0.564. The number of aldehydes is 1. The molecule has 0 heterocycles. The van der Waals surface area contributed by atoms with Gasteiger partial charge in [0.15, 0.2) is 5.75 Å². The van der Waals surface area contributed by atoms with E-state index in [1.807, 2.05) is 0 Å². The highest BCUT2D eigenvalue weighted by Gasteiger charge is 2.03. The van der Waals surface area contributed by atoms with Crippen LogP contribution in [0.3, 0.4) is 0 Å². The topological polar surface area (TPSA) is 37.0 Å². The zero-order valence-corrected chi connectivity index (χ0v) is 6.55. The predicted octanol–water partition coefficient (Wildman–Crippen LogP) is 2.26. The summed E-state index contributed by atoms with van der Waals surface area (Å²) in [6.07, 6.45) is 0.749. The molecule has 0 N–H and O–H groups in total. The molecule has 0 aromatic heterocycles. The van der Waals surface area contributed by atoms with Crippen LogP contribution in [0.25, 0.3) is 0 Å². The van der Waals surface area contributed by atoms with E-state index in [4.69, 9.17) is 0 Å². The maximum absolute atomic E-state index is 11.1. The summed E-state index contributed by atoms with van der Waals surface area (Å²) in [5.41, 5.74) is 1.83. The Balaban J connectivity index is 3.31. The Morgan fingerprint density at radius 1 is 1.18 bits per heavy atom. The van der Waals surface area contributed by atoms with Gasteiger partial charge in [-0.1, -0.05) is 0 Å². The lowest BCUT2D eigenvalue weighted by Gasteiger charge is -1.99. The molecule has 0 spiro atoms. The standard InChI is InChI=1S/C9H9O2/c1-6-3-8(5-10)4-7(2)9(6)11/h3-5H,1-2H3. The Kier molecular flexibility index (Phi) is 1.94. The molecule has 1 aromatic carbocycles. The van der Waals surface area contributed by atoms with Crippen molar-refractivity contribution in [3.63, 3.8) is 0 Å². The molecular formula is C9H9O2. The number of benzene rings is 1. The second kappa shape index (κ2) is 2.74. The van der Waals surface area contributed by atoms with Gasteiger partial charge in [0, 0.05) is 5.56 Å². The fourth-order valence-electron chi connectivity index (χ4n) is 1.05. The van der Waals surface area contributed by atoms with E-state index in [9.17, 15) is 9.90 Å². The first-order valence-corrected chi connectivity index (χ1v) is 3.38. The average Bonchev–Trinajstić information content (AvgIpc) is 1.99. The molecule has 1 radical (unpaired) electrons. The molecule has 0 aliphatic rings. The van der Waals surface area contributed by atoms with Crippen molar-refractivity contribution in [3.05, 3.63) is 28.8 Å². The van der Waals surface area contributed by atoms with Crippen molar-refractivity contribution in [3.8, 4) is 5.75 Å². The smallest absolute Gasteiger partial charge is 0.184 e. The first-order chi connectivity index (χ1) is 5.15. The number of hydrogen-bond acceptors (Lipinski definition) is 1. The van der Waals surface area contributed by atoms with Gasteiger partial charge in [-0.2, -0.15) is 0 Å². The van der Waals surface area contributed by atoms with Gasteiger partial charge in [-0.05, 0) is 37.1 Å². The van der Waals surface area contributed by atoms with Crippen molar-refractivity contribution < 1.29 is 9.90 Å². The summed E-state index contributed by atoms with van der Waals surface area (Å²) in [5, 5.41) is 11.1. The van der Waals surface area contributed by atoms with E-state index in [0.717, 1.165) is 6.29 Å². The first kappa shape index (κ1) is 7.79. The summed E-state index contributed by atoms with van der Waals surface area (Å²) in [7, 11) is 0. The Morgan fingerprint density at radius 3 is 2.00 bits per heavy atom. The van der Waals surface area contributed by atoms with Gasteiger partial charge in [0.2, 0.25) is 0 Å². The lowest BCUT2D eigenvalue weighted by molar-refractivity contribution is 0.112. The minimum atomic E-state index is 0.0237. The summed E-state index contributed by atoms with van der Waals surface area (Å²) in [4.78, 5) is 10.3. The largest absolute Gasteiger partial charge is 0.298 e. The molecule has 0 bridgehead atoms. The molecule has 0 saturated heterocycles. The normalized spacial score (nSPS) is 9.64. The van der Waals surface area contributed by atoms with E-state index >= 15 is 0 Å². The van der Waals surface area contributed by atoms with Gasteiger partial charge in [-0.25, -0.2) is 0 Å². The lowest BCUT2D eigenvalue weighted by atomic mass is 10.1. The molecule has 0 unspecified atom stereocenters. The molecule has 2 nitrogen and oxygen atoms in total. The van der Waals surface area contributed by atoms with Gasteiger partial charge in [-0.3, -0.25) is 9.90 Å². The van der Waals surface area contributed by atoms with Gasteiger partial charge in [0.1, 0.15) is 6.29 Å². The van der Waals surface area contributed by atoms with Crippen LogP contribution in [0.2, 0.25) is 0 Å². The third kappa shape index (κ3) is 1.40. The second-order valence-corrected chi connectivity index (χ2v) is 2.60. The minimum Gasteiger partial charge on any atom is -0.298 e. The minimum absolute atomic E-state index is 0.0237. The van der Waals surface area contributed by atoms with E-state index in [1.165, 1.54) is 0 Å². The Morgan fingerprint density at radius 2 is 1.64 bits per heavy atom. The third-order valence-corrected chi connectivity index (χ3v) is 1.62. The maximum Gasteiger partial charge on any atom is 0.184 e.